The molecular weight excluding hydrogens is 262 g/mol. The Morgan fingerprint density at radius 2 is 1.61 bits per heavy atom. The second-order valence-corrected chi connectivity index (χ2v) is 5.23. The lowest BCUT2D eigenvalue weighted by atomic mass is 9.81. The minimum atomic E-state index is -5.26. The van der Waals surface area contributed by atoms with Gasteiger partial charge in [0.05, 0.1) is 0 Å². The van der Waals surface area contributed by atoms with Crippen molar-refractivity contribution in [1.82, 2.24) is 0 Å². The molecule has 3 atom stereocenters. The maximum absolute atomic E-state index is 12.4. The second-order valence-electron chi connectivity index (χ2n) is 5.23. The van der Waals surface area contributed by atoms with E-state index in [1.165, 1.54) is 0 Å². The zero-order valence-corrected chi connectivity index (χ0v) is 9.31. The van der Waals surface area contributed by atoms with Crippen molar-refractivity contribution in [3.8, 4) is 0 Å². The van der Waals surface area contributed by atoms with E-state index >= 15 is 0 Å². The molecule has 0 amide bonds. The Kier molecular flexibility index (Phi) is 3.14. The number of hydrogen-bond acceptors (Lipinski definition) is 1. The van der Waals surface area contributed by atoms with Crippen molar-refractivity contribution in [3.05, 3.63) is 0 Å². The first-order valence-corrected chi connectivity index (χ1v) is 5.75. The third kappa shape index (κ3) is 2.49. The summed E-state index contributed by atoms with van der Waals surface area (Å²) in [6.45, 7) is 0. The third-order valence-corrected chi connectivity index (χ3v) is 4.09. The Bertz CT molecular complexity index is 330. The van der Waals surface area contributed by atoms with Crippen LogP contribution in [0.5, 0.6) is 0 Å². The van der Waals surface area contributed by atoms with Crippen molar-refractivity contribution in [1.29, 1.82) is 0 Å². The van der Waals surface area contributed by atoms with Crippen LogP contribution in [0.15, 0.2) is 0 Å². The lowest BCUT2D eigenvalue weighted by Gasteiger charge is -2.29. The highest BCUT2D eigenvalue weighted by Crippen LogP contribution is 2.52. The van der Waals surface area contributed by atoms with E-state index in [9.17, 15) is 31.1 Å². The van der Waals surface area contributed by atoms with E-state index in [-0.39, 0.29) is 30.5 Å². The van der Waals surface area contributed by atoms with Crippen molar-refractivity contribution in [2.75, 3.05) is 0 Å². The van der Waals surface area contributed by atoms with E-state index in [1.54, 1.807) is 0 Å². The lowest BCUT2D eigenvalue weighted by Crippen LogP contribution is -2.38. The SMILES string of the molecule is O=C1CC2CC1CC2CC(C(F)(F)F)C(F)(F)F. The number of alkyl halides is 6. The van der Waals surface area contributed by atoms with Crippen LogP contribution in [0, 0.1) is 23.7 Å². The number of fused-ring (bicyclic) bond motifs is 2. The molecule has 1 nitrogen and oxygen atoms in total. The molecule has 0 saturated heterocycles. The summed E-state index contributed by atoms with van der Waals surface area (Å²) in [6, 6.07) is 0. The predicted molar refractivity (Wildman–Crippen MR) is 49.5 cm³/mol. The zero-order chi connectivity index (χ0) is 13.7. The fourth-order valence-corrected chi connectivity index (χ4v) is 3.19. The van der Waals surface area contributed by atoms with Crippen LogP contribution >= 0.6 is 0 Å². The van der Waals surface area contributed by atoms with Gasteiger partial charge in [0.25, 0.3) is 0 Å². The van der Waals surface area contributed by atoms with Gasteiger partial charge in [0.2, 0.25) is 0 Å². The molecule has 18 heavy (non-hydrogen) atoms. The molecule has 2 fully saturated rings. The van der Waals surface area contributed by atoms with E-state index in [0.717, 1.165) is 0 Å². The Morgan fingerprint density at radius 1 is 1.06 bits per heavy atom. The van der Waals surface area contributed by atoms with Gasteiger partial charge in [0, 0.05) is 12.3 Å². The molecule has 0 radical (unpaired) electrons. The van der Waals surface area contributed by atoms with Gasteiger partial charge in [0.15, 0.2) is 5.92 Å². The summed E-state index contributed by atoms with van der Waals surface area (Å²) < 4.78 is 74.4. The highest BCUT2D eigenvalue weighted by Gasteiger charge is 2.58. The van der Waals surface area contributed by atoms with Crippen LogP contribution in [0.4, 0.5) is 26.3 Å². The van der Waals surface area contributed by atoms with E-state index in [4.69, 9.17) is 0 Å². The molecule has 0 aliphatic heterocycles. The molecule has 104 valence electrons. The first kappa shape index (κ1) is 13.7. The summed E-state index contributed by atoms with van der Waals surface area (Å²) in [7, 11) is 0. The van der Waals surface area contributed by atoms with Crippen LogP contribution in [0.3, 0.4) is 0 Å². The van der Waals surface area contributed by atoms with Crippen LogP contribution in [0.1, 0.15) is 25.7 Å². The molecule has 3 unspecified atom stereocenters. The monoisotopic (exact) mass is 274 g/mol. The van der Waals surface area contributed by atoms with E-state index in [2.05, 4.69) is 0 Å². The maximum atomic E-state index is 12.4. The standard InChI is InChI=1S/C11H12F6O/c12-10(13,14)9(11(15,16)17)4-6-2-7-1-5(6)3-8(7)18/h5-7,9H,1-4H2. The summed E-state index contributed by atoms with van der Waals surface area (Å²) in [5.41, 5.74) is 0. The molecule has 2 aliphatic carbocycles. The highest BCUT2D eigenvalue weighted by molar-refractivity contribution is 5.84. The molecule has 0 aromatic carbocycles. The third-order valence-electron chi connectivity index (χ3n) is 4.09. The Hall–Kier alpha value is -0.750. The number of carbonyl (C=O) groups is 1. The van der Waals surface area contributed by atoms with E-state index < -0.39 is 30.6 Å². The Labute approximate surface area is 99.5 Å². The van der Waals surface area contributed by atoms with Gasteiger partial charge in [-0.05, 0) is 31.1 Å². The number of rotatable bonds is 2. The average molecular weight is 274 g/mol. The fourth-order valence-electron chi connectivity index (χ4n) is 3.19. The normalized spacial score (nSPS) is 32.6. The predicted octanol–water partition coefficient (Wildman–Crippen LogP) is 3.73. The molecule has 0 aromatic heterocycles. The van der Waals surface area contributed by atoms with Crippen molar-refractivity contribution in [3.63, 3.8) is 0 Å². The quantitative estimate of drug-likeness (QED) is 0.701. The van der Waals surface area contributed by atoms with Gasteiger partial charge < -0.3 is 0 Å². The number of Topliss-reactive ketones (excluding diaryl/α,β-unsaturated/α-hetero) is 1. The largest absolute Gasteiger partial charge is 0.400 e. The maximum Gasteiger partial charge on any atom is 0.400 e. The van der Waals surface area contributed by atoms with Gasteiger partial charge in [-0.3, -0.25) is 4.79 Å². The molecule has 0 spiro atoms. The summed E-state index contributed by atoms with van der Waals surface area (Å²) in [5.74, 6) is -4.48. The molecule has 7 heteroatoms. The summed E-state index contributed by atoms with van der Waals surface area (Å²) >= 11 is 0. The summed E-state index contributed by atoms with van der Waals surface area (Å²) in [5, 5.41) is 0. The molecular formula is C11H12F6O. The smallest absolute Gasteiger partial charge is 0.299 e. The Balaban J connectivity index is 2.06. The molecule has 2 rings (SSSR count). The average Bonchev–Trinajstić information content (AvgIpc) is 2.68. The van der Waals surface area contributed by atoms with Crippen molar-refractivity contribution >= 4 is 5.78 Å². The van der Waals surface area contributed by atoms with Gasteiger partial charge in [-0.1, -0.05) is 0 Å². The minimum Gasteiger partial charge on any atom is -0.299 e. The molecule has 2 aliphatic rings. The second kappa shape index (κ2) is 4.13. The van der Waals surface area contributed by atoms with Gasteiger partial charge in [-0.15, -0.1) is 0 Å². The van der Waals surface area contributed by atoms with Gasteiger partial charge in [-0.25, -0.2) is 0 Å². The van der Waals surface area contributed by atoms with Crippen LogP contribution in [0.25, 0.3) is 0 Å². The zero-order valence-electron chi connectivity index (χ0n) is 9.31. The first-order valence-electron chi connectivity index (χ1n) is 5.75. The molecule has 2 bridgehead atoms. The Morgan fingerprint density at radius 3 is 1.94 bits per heavy atom. The number of carbonyl (C=O) groups excluding carboxylic acids is 1. The number of hydrogen-bond donors (Lipinski definition) is 0. The number of halogens is 6. The van der Waals surface area contributed by atoms with Crippen LogP contribution < -0.4 is 0 Å². The molecule has 0 heterocycles. The van der Waals surface area contributed by atoms with E-state index in [0.29, 0.717) is 6.42 Å². The van der Waals surface area contributed by atoms with Crippen molar-refractivity contribution in [2.24, 2.45) is 23.7 Å². The lowest BCUT2D eigenvalue weighted by molar-refractivity contribution is -0.288. The summed E-state index contributed by atoms with van der Waals surface area (Å²) in [4.78, 5) is 11.2. The fraction of sp³-hybridized carbons (Fsp3) is 0.909. The topological polar surface area (TPSA) is 17.1 Å². The van der Waals surface area contributed by atoms with E-state index in [1.807, 2.05) is 0 Å². The molecule has 0 N–H and O–H groups in total. The van der Waals surface area contributed by atoms with Crippen LogP contribution in [-0.2, 0) is 4.79 Å². The van der Waals surface area contributed by atoms with Gasteiger partial charge >= 0.3 is 12.4 Å². The van der Waals surface area contributed by atoms with Crippen LogP contribution in [-0.4, -0.2) is 18.1 Å². The van der Waals surface area contributed by atoms with Crippen molar-refractivity contribution < 1.29 is 31.1 Å². The van der Waals surface area contributed by atoms with Gasteiger partial charge in [-0.2, -0.15) is 26.3 Å². The molecule has 0 aromatic rings. The molecule has 2 saturated carbocycles. The van der Waals surface area contributed by atoms with Gasteiger partial charge in [0.1, 0.15) is 5.78 Å². The first-order chi connectivity index (χ1) is 8.09. The summed E-state index contributed by atoms with van der Waals surface area (Å²) in [6.07, 6.45) is -10.6. The van der Waals surface area contributed by atoms with Crippen LogP contribution in [0.2, 0.25) is 0 Å². The highest BCUT2D eigenvalue weighted by atomic mass is 19.4. The number of ketones is 1. The minimum absolute atomic E-state index is 0.00758. The van der Waals surface area contributed by atoms with Crippen molar-refractivity contribution in [2.45, 2.75) is 38.0 Å².